The van der Waals surface area contributed by atoms with Crippen molar-refractivity contribution in [3.05, 3.63) is 0 Å². The van der Waals surface area contributed by atoms with Crippen LogP contribution in [0, 0.1) is 0 Å². The SMILES string of the molecule is B/C=N/O. The maximum atomic E-state index is 7.44. The van der Waals surface area contributed by atoms with Crippen LogP contribution < -0.4 is 0 Å². The van der Waals surface area contributed by atoms with Gasteiger partial charge in [-0.25, -0.2) is 0 Å². The molecule has 0 fully saturated rings. The highest BCUT2D eigenvalue weighted by Gasteiger charge is 1.37. The summed E-state index contributed by atoms with van der Waals surface area (Å²) in [7, 11) is 1.64. The summed E-state index contributed by atoms with van der Waals surface area (Å²) in [6, 6.07) is 0. The second-order valence-electron chi connectivity index (χ2n) is 0.374. The van der Waals surface area contributed by atoms with Crippen LogP contribution in [-0.4, -0.2) is 19.2 Å². The summed E-state index contributed by atoms with van der Waals surface area (Å²) >= 11 is 0. The summed E-state index contributed by atoms with van der Waals surface area (Å²) in [5, 5.41) is 10.1. The van der Waals surface area contributed by atoms with Crippen molar-refractivity contribution >= 4 is 14.0 Å². The lowest BCUT2D eigenvalue weighted by atomic mass is 10.2. The lowest BCUT2D eigenvalue weighted by Gasteiger charge is -1.53. The number of nitrogens with zero attached hydrogens (tertiary/aromatic N) is 1. The van der Waals surface area contributed by atoms with E-state index in [-0.39, 0.29) is 0 Å². The van der Waals surface area contributed by atoms with Gasteiger partial charge in [0, 0.05) is 0 Å². The van der Waals surface area contributed by atoms with Crippen molar-refractivity contribution < 1.29 is 5.21 Å². The smallest absolute Gasteiger partial charge is 0.158 e. The Morgan fingerprint density at radius 2 is 2.25 bits per heavy atom. The third-order valence-electron chi connectivity index (χ3n) is 0.115. The Morgan fingerprint density at radius 1 is 2.00 bits per heavy atom. The van der Waals surface area contributed by atoms with E-state index in [2.05, 4.69) is 5.16 Å². The molecule has 0 aromatic carbocycles. The van der Waals surface area contributed by atoms with E-state index in [9.17, 15) is 0 Å². The summed E-state index contributed by atoms with van der Waals surface area (Å²) in [4.78, 5) is 0. The number of hydrogen-bond acceptors (Lipinski definition) is 2. The largest absolute Gasteiger partial charge is 0.412 e. The van der Waals surface area contributed by atoms with Gasteiger partial charge in [0.15, 0.2) is 7.85 Å². The van der Waals surface area contributed by atoms with Crippen LogP contribution in [0.4, 0.5) is 0 Å². The van der Waals surface area contributed by atoms with Gasteiger partial charge in [-0.2, -0.15) is 0 Å². The van der Waals surface area contributed by atoms with Crippen molar-refractivity contribution in [3.63, 3.8) is 0 Å². The van der Waals surface area contributed by atoms with Crippen LogP contribution in [0.1, 0.15) is 0 Å². The molecule has 3 heteroatoms. The molecule has 0 aromatic rings. The van der Waals surface area contributed by atoms with E-state index in [1.54, 1.807) is 7.85 Å². The molecule has 0 unspecified atom stereocenters. The van der Waals surface area contributed by atoms with Crippen LogP contribution in [-0.2, 0) is 0 Å². The second-order valence-corrected chi connectivity index (χ2v) is 0.374. The third-order valence-corrected chi connectivity index (χ3v) is 0.115. The summed E-state index contributed by atoms with van der Waals surface area (Å²) in [6.45, 7) is 0. The zero-order valence-electron chi connectivity index (χ0n) is 2.47. The fraction of sp³-hybridized carbons (Fsp3) is 0. The van der Waals surface area contributed by atoms with Crippen LogP contribution >= 0.6 is 0 Å². The molecule has 0 aliphatic rings. The fourth-order valence-corrected chi connectivity index (χ4v) is 0. The molecule has 0 aliphatic heterocycles. The van der Waals surface area contributed by atoms with Crippen molar-refractivity contribution in [2.75, 3.05) is 0 Å². The number of oxime groups is 1. The van der Waals surface area contributed by atoms with Crippen LogP contribution in [0.5, 0.6) is 0 Å². The van der Waals surface area contributed by atoms with Crippen LogP contribution in [0.15, 0.2) is 5.16 Å². The van der Waals surface area contributed by atoms with E-state index in [0.29, 0.717) is 0 Å². The standard InChI is InChI=1S/CH4BNO/c2-1-3-4/h1,4H,2H2/b3-1+. The second kappa shape index (κ2) is 2.53. The number of rotatable bonds is 0. The number of hydrogen-bond donors (Lipinski definition) is 1. The third kappa shape index (κ3) is 1.53. The zero-order chi connectivity index (χ0) is 3.41. The first-order valence-corrected chi connectivity index (χ1v) is 1.04. The molecule has 0 spiro atoms. The highest BCUT2D eigenvalue weighted by molar-refractivity contribution is 6.49. The van der Waals surface area contributed by atoms with Gasteiger partial charge in [-0.1, -0.05) is 0 Å². The molecule has 0 aromatic heterocycles. The molecule has 1 N–H and O–H groups in total. The van der Waals surface area contributed by atoms with Crippen molar-refractivity contribution in [2.45, 2.75) is 0 Å². The first-order chi connectivity index (χ1) is 1.91. The van der Waals surface area contributed by atoms with Gasteiger partial charge in [-0.3, -0.25) is 0 Å². The minimum Gasteiger partial charge on any atom is -0.412 e. The van der Waals surface area contributed by atoms with Crippen LogP contribution in [0.25, 0.3) is 0 Å². The molecule has 0 atom stereocenters. The maximum Gasteiger partial charge on any atom is 0.158 e. The molecule has 0 heterocycles. The Labute approximate surface area is 25.5 Å². The van der Waals surface area contributed by atoms with Gasteiger partial charge in [0.2, 0.25) is 0 Å². The predicted octanol–water partition coefficient (Wildman–Crippen LogP) is -0.963. The normalized spacial score (nSPS) is 9.00. The molecular formula is CH4BNO. The fourth-order valence-electron chi connectivity index (χ4n) is 0. The predicted molar refractivity (Wildman–Crippen MR) is 18.8 cm³/mol. The first-order valence-electron chi connectivity index (χ1n) is 1.04. The van der Waals surface area contributed by atoms with Crippen molar-refractivity contribution in [1.82, 2.24) is 0 Å². The van der Waals surface area contributed by atoms with Crippen LogP contribution in [0.3, 0.4) is 0 Å². The van der Waals surface area contributed by atoms with Gasteiger partial charge < -0.3 is 5.21 Å². The highest BCUT2D eigenvalue weighted by Crippen LogP contribution is 1.31. The summed E-state index contributed by atoms with van der Waals surface area (Å²) in [6.07, 6.45) is 1.31. The topological polar surface area (TPSA) is 32.6 Å². The Morgan fingerprint density at radius 3 is 2.25 bits per heavy atom. The van der Waals surface area contributed by atoms with Gasteiger partial charge in [-0.05, 0) is 6.11 Å². The molecule has 0 saturated heterocycles. The summed E-state index contributed by atoms with van der Waals surface area (Å²) in [5.74, 6) is 0. The summed E-state index contributed by atoms with van der Waals surface area (Å²) in [5.41, 5.74) is 0. The first kappa shape index (κ1) is 3.53. The molecule has 4 heavy (non-hydrogen) atoms. The molecule has 2 nitrogen and oxygen atoms in total. The van der Waals surface area contributed by atoms with E-state index in [0.717, 1.165) is 0 Å². The lowest BCUT2D eigenvalue weighted by Crippen LogP contribution is -1.59. The van der Waals surface area contributed by atoms with E-state index in [1.807, 2.05) is 0 Å². The zero-order valence-corrected chi connectivity index (χ0v) is 2.47. The van der Waals surface area contributed by atoms with Gasteiger partial charge in [0.25, 0.3) is 0 Å². The van der Waals surface area contributed by atoms with Crippen molar-refractivity contribution in [2.24, 2.45) is 5.16 Å². The molecule has 0 amide bonds. The van der Waals surface area contributed by atoms with Crippen LogP contribution in [0.2, 0.25) is 0 Å². The van der Waals surface area contributed by atoms with Gasteiger partial charge in [0.1, 0.15) is 0 Å². The Kier molecular flexibility index (Phi) is 2.24. The molecular weight excluding hydrogens is 52.8 g/mol. The lowest BCUT2D eigenvalue weighted by molar-refractivity contribution is 0.323. The van der Waals surface area contributed by atoms with Gasteiger partial charge >= 0.3 is 0 Å². The Balaban J connectivity index is 2.55. The average Bonchev–Trinajstić information content (AvgIpc) is 1.37. The molecule has 0 saturated carbocycles. The summed E-state index contributed by atoms with van der Waals surface area (Å²) < 4.78 is 0. The van der Waals surface area contributed by atoms with E-state index >= 15 is 0 Å². The highest BCUT2D eigenvalue weighted by atomic mass is 16.4. The Bertz CT molecular complexity index is 23.2. The molecule has 0 aliphatic carbocycles. The van der Waals surface area contributed by atoms with E-state index in [4.69, 9.17) is 5.21 Å². The quantitative estimate of drug-likeness (QED) is 0.165. The van der Waals surface area contributed by atoms with Gasteiger partial charge in [-0.15, -0.1) is 5.16 Å². The van der Waals surface area contributed by atoms with E-state index < -0.39 is 0 Å². The molecule has 0 bridgehead atoms. The molecule has 0 radical (unpaired) electrons. The minimum atomic E-state index is 1.31. The van der Waals surface area contributed by atoms with Gasteiger partial charge in [0.05, 0.1) is 0 Å². The monoisotopic (exact) mass is 57.0 g/mol. The maximum absolute atomic E-state index is 7.44. The Hall–Kier alpha value is -0.465. The average molecular weight is 56.9 g/mol. The molecule has 0 rings (SSSR count). The van der Waals surface area contributed by atoms with Crippen molar-refractivity contribution in [3.8, 4) is 0 Å². The minimum absolute atomic E-state index is 1.31. The van der Waals surface area contributed by atoms with E-state index in [1.165, 1.54) is 6.11 Å². The van der Waals surface area contributed by atoms with Crippen molar-refractivity contribution in [1.29, 1.82) is 0 Å². The molecule has 22 valence electrons.